The Bertz CT molecular complexity index is 2450. The molecule has 4 aliphatic rings. The lowest BCUT2D eigenvalue weighted by Crippen LogP contribution is -2.49. The first kappa shape index (κ1) is 43.4. The Morgan fingerprint density at radius 1 is 0.952 bits per heavy atom. The van der Waals surface area contributed by atoms with Gasteiger partial charge in [0.2, 0.25) is 21.8 Å². The molecule has 8 rings (SSSR count). The van der Waals surface area contributed by atoms with Crippen LogP contribution in [0.25, 0.3) is 11.0 Å². The number of anilines is 1. The van der Waals surface area contributed by atoms with Gasteiger partial charge in [0, 0.05) is 36.6 Å². The maximum absolute atomic E-state index is 14.9. The van der Waals surface area contributed by atoms with Crippen molar-refractivity contribution >= 4 is 50.1 Å². The number of benzene rings is 3. The van der Waals surface area contributed by atoms with E-state index in [0.717, 1.165) is 43.3 Å². The van der Waals surface area contributed by atoms with Gasteiger partial charge in [-0.05, 0) is 108 Å². The van der Waals surface area contributed by atoms with E-state index in [9.17, 15) is 27.6 Å². The number of aromatic nitrogens is 2. The summed E-state index contributed by atoms with van der Waals surface area (Å²) >= 11 is 0. The van der Waals surface area contributed by atoms with Crippen LogP contribution in [0.4, 0.5) is 5.69 Å². The molecule has 0 spiro atoms. The highest BCUT2D eigenvalue weighted by Crippen LogP contribution is 2.57. The van der Waals surface area contributed by atoms with Crippen molar-refractivity contribution in [2.45, 2.75) is 133 Å². The SMILES string of the molecule is CC(C)n1c(O[C@@H]2C[C@H]3C(=O)C[C@]4(C(=O)NS(=O)(=O)C5(C)CC5)C[C@H]4/C=C\CCCCC[C@H](Nc4ccccc4)C(=O)N3C2)nc2c(C(=O)CCCc3ccccc3)cccc21. The zero-order chi connectivity index (χ0) is 43.6. The molecule has 0 radical (unpaired) electrons. The highest BCUT2D eigenvalue weighted by molar-refractivity contribution is 7.91. The van der Waals surface area contributed by atoms with Crippen LogP contribution in [-0.2, 0) is 30.8 Å². The van der Waals surface area contributed by atoms with E-state index >= 15 is 0 Å². The van der Waals surface area contributed by atoms with E-state index in [-0.39, 0.29) is 48.8 Å². The van der Waals surface area contributed by atoms with Gasteiger partial charge in [0.1, 0.15) is 17.7 Å². The van der Waals surface area contributed by atoms with Crippen LogP contribution in [-0.4, -0.2) is 75.7 Å². The molecular formula is C49H59N5O7S. The second kappa shape index (κ2) is 17.8. The number of carbonyl (C=O) groups excluding carboxylic acids is 4. The van der Waals surface area contributed by atoms with Gasteiger partial charge < -0.3 is 15.0 Å². The number of amides is 2. The summed E-state index contributed by atoms with van der Waals surface area (Å²) in [6.45, 7) is 5.77. The maximum atomic E-state index is 14.9. The fraction of sp³-hybridized carbons (Fsp3) is 0.490. The molecule has 2 aliphatic carbocycles. The number of nitrogens with zero attached hydrogens (tertiary/aromatic N) is 3. The van der Waals surface area contributed by atoms with Crippen molar-refractivity contribution in [1.82, 2.24) is 19.2 Å². The molecule has 4 aromatic rings. The number of aryl methyl sites for hydroxylation is 1. The highest BCUT2D eigenvalue weighted by atomic mass is 32.2. The smallest absolute Gasteiger partial charge is 0.297 e. The standard InChI is InChI=1S/C49H59N5O7S/c1-33(2)54-40-25-16-23-38(42(55)26-15-19-34-17-9-7-10-18-34)44(40)51-47(54)61-37-29-41-43(56)31-49(46(58)52-62(59,60)48(3)27-28-48)30-35(49)20-11-5-4-6-14-24-39(45(57)53(41)32-37)50-36-21-12-8-13-22-36/h7-13,16-18,20-23,25,33,35,37,39,41,50H,4-6,14-15,19,24,26-32H2,1-3H3,(H,52,58)/b20-11-/t35-,37-,39+,41+,49-/m1/s1. The third kappa shape index (κ3) is 9.09. The lowest BCUT2D eigenvalue weighted by molar-refractivity contribution is -0.139. The van der Waals surface area contributed by atoms with Crippen molar-refractivity contribution in [2.75, 3.05) is 11.9 Å². The second-order valence-corrected chi connectivity index (χ2v) is 20.6. The van der Waals surface area contributed by atoms with E-state index in [0.29, 0.717) is 55.6 Å². The number of imidazole rings is 1. The third-order valence-corrected chi connectivity index (χ3v) is 15.6. The van der Waals surface area contributed by atoms with Gasteiger partial charge in [-0.1, -0.05) is 79.6 Å². The topological polar surface area (TPSA) is 157 Å². The Hall–Kier alpha value is -5.30. The van der Waals surface area contributed by atoms with Crippen molar-refractivity contribution in [1.29, 1.82) is 0 Å². The number of carbonyl (C=O) groups is 4. The monoisotopic (exact) mass is 861 g/mol. The van der Waals surface area contributed by atoms with Gasteiger partial charge in [-0.15, -0.1) is 0 Å². The lowest BCUT2D eigenvalue weighted by Gasteiger charge is -2.30. The van der Waals surface area contributed by atoms with Gasteiger partial charge in [0.15, 0.2) is 11.6 Å². The number of para-hydroxylation sites is 2. The molecule has 2 aliphatic heterocycles. The van der Waals surface area contributed by atoms with Crippen molar-refractivity contribution < 1.29 is 32.3 Å². The molecule has 1 aromatic heterocycles. The molecule has 5 atom stereocenters. The Morgan fingerprint density at radius 3 is 2.42 bits per heavy atom. The lowest BCUT2D eigenvalue weighted by atomic mass is 9.91. The molecule has 3 heterocycles. The van der Waals surface area contributed by atoms with Gasteiger partial charge in [-0.2, -0.15) is 4.98 Å². The van der Waals surface area contributed by atoms with Crippen molar-refractivity contribution in [3.63, 3.8) is 0 Å². The molecule has 2 saturated carbocycles. The number of nitrogens with one attached hydrogen (secondary N) is 2. The van der Waals surface area contributed by atoms with Gasteiger partial charge in [0.05, 0.1) is 28.3 Å². The van der Waals surface area contributed by atoms with Crippen molar-refractivity contribution in [2.24, 2.45) is 11.3 Å². The minimum absolute atomic E-state index is 0.00312. The summed E-state index contributed by atoms with van der Waals surface area (Å²) in [6, 6.07) is 23.9. The predicted octanol–water partition coefficient (Wildman–Crippen LogP) is 8.14. The molecular weight excluding hydrogens is 803 g/mol. The van der Waals surface area contributed by atoms with E-state index in [1.165, 1.54) is 5.56 Å². The average Bonchev–Trinajstić information content (AvgIpc) is 4.07. The predicted molar refractivity (Wildman–Crippen MR) is 239 cm³/mol. The van der Waals surface area contributed by atoms with E-state index < -0.39 is 44.3 Å². The molecule has 13 heteroatoms. The fourth-order valence-electron chi connectivity index (χ4n) is 9.31. The van der Waals surface area contributed by atoms with E-state index in [2.05, 4.69) is 22.2 Å². The van der Waals surface area contributed by atoms with E-state index in [1.54, 1.807) is 17.9 Å². The molecule has 1 saturated heterocycles. The van der Waals surface area contributed by atoms with E-state index in [4.69, 9.17) is 9.72 Å². The van der Waals surface area contributed by atoms with Crippen LogP contribution in [0.2, 0.25) is 0 Å². The summed E-state index contributed by atoms with van der Waals surface area (Å²) in [4.78, 5) is 64.0. The molecule has 2 N–H and O–H groups in total. The number of allylic oxidation sites excluding steroid dienone is 2. The Labute approximate surface area is 364 Å². The summed E-state index contributed by atoms with van der Waals surface area (Å²) < 4.78 is 36.7. The highest BCUT2D eigenvalue weighted by Gasteiger charge is 2.62. The minimum atomic E-state index is -3.94. The van der Waals surface area contributed by atoms with Crippen LogP contribution in [0.15, 0.2) is 91.0 Å². The van der Waals surface area contributed by atoms with Crippen LogP contribution in [0, 0.1) is 11.3 Å². The molecule has 328 valence electrons. The summed E-state index contributed by atoms with van der Waals surface area (Å²) in [7, 11) is -3.94. The number of sulfonamides is 1. The fourth-order valence-corrected chi connectivity index (χ4v) is 10.6. The number of rotatable bonds is 13. The van der Waals surface area contributed by atoms with Gasteiger partial charge in [-0.3, -0.25) is 28.5 Å². The summed E-state index contributed by atoms with van der Waals surface area (Å²) in [6.07, 6.45) is 10.4. The number of Topliss-reactive ketones (excluding diaryl/α,β-unsaturated/α-hetero) is 2. The minimum Gasteiger partial charge on any atom is -0.459 e. The quantitative estimate of drug-likeness (QED) is 0.100. The summed E-state index contributed by atoms with van der Waals surface area (Å²) in [5, 5.41) is 3.45. The molecule has 12 nitrogen and oxygen atoms in total. The molecule has 0 bridgehead atoms. The van der Waals surface area contributed by atoms with Gasteiger partial charge in [-0.25, -0.2) is 8.42 Å². The molecule has 3 fully saturated rings. The van der Waals surface area contributed by atoms with Crippen LogP contribution in [0.1, 0.15) is 120 Å². The Morgan fingerprint density at radius 2 is 1.69 bits per heavy atom. The molecule has 2 amide bonds. The average molecular weight is 862 g/mol. The number of hydrogen-bond acceptors (Lipinski definition) is 9. The zero-order valence-corrected chi connectivity index (χ0v) is 36.9. The summed E-state index contributed by atoms with van der Waals surface area (Å²) in [5.74, 6) is -1.50. The number of fused-ring (bicyclic) bond motifs is 3. The molecule has 62 heavy (non-hydrogen) atoms. The Kier molecular flexibility index (Phi) is 12.5. The number of ketones is 2. The van der Waals surface area contributed by atoms with Crippen molar-refractivity contribution in [3.8, 4) is 6.01 Å². The van der Waals surface area contributed by atoms with E-state index in [1.807, 2.05) is 91.2 Å². The van der Waals surface area contributed by atoms with Crippen LogP contribution in [0.5, 0.6) is 6.01 Å². The first-order valence-corrected chi connectivity index (χ1v) is 23.9. The Balaban J connectivity index is 1.09. The second-order valence-electron chi connectivity index (χ2n) is 18.4. The molecule has 0 unspecified atom stereocenters. The largest absolute Gasteiger partial charge is 0.459 e. The first-order chi connectivity index (χ1) is 29.8. The number of ether oxygens (including phenoxy) is 1. The van der Waals surface area contributed by atoms with Gasteiger partial charge in [0.25, 0.3) is 6.01 Å². The number of hydrogen-bond donors (Lipinski definition) is 2. The third-order valence-electron chi connectivity index (χ3n) is 13.5. The summed E-state index contributed by atoms with van der Waals surface area (Å²) in [5.41, 5.74) is 2.55. The van der Waals surface area contributed by atoms with Crippen LogP contribution >= 0.6 is 0 Å². The maximum Gasteiger partial charge on any atom is 0.297 e. The zero-order valence-electron chi connectivity index (χ0n) is 36.1. The normalized spacial score (nSPS) is 25.6. The van der Waals surface area contributed by atoms with Crippen LogP contribution < -0.4 is 14.8 Å². The van der Waals surface area contributed by atoms with Crippen LogP contribution in [0.3, 0.4) is 0 Å². The molecule has 3 aromatic carbocycles. The first-order valence-electron chi connectivity index (χ1n) is 22.4. The van der Waals surface area contributed by atoms with Gasteiger partial charge >= 0.3 is 0 Å². The van der Waals surface area contributed by atoms with Crippen molar-refractivity contribution in [3.05, 3.63) is 102 Å².